The molecule has 0 radical (unpaired) electrons. The number of halogens is 2. The minimum Gasteiger partial charge on any atom is -0.488 e. The number of pyridine rings is 1. The predicted octanol–water partition coefficient (Wildman–Crippen LogP) is 3.56. The second-order valence-electron chi connectivity index (χ2n) is 6.68. The summed E-state index contributed by atoms with van der Waals surface area (Å²) < 4.78 is 39.7. The van der Waals surface area contributed by atoms with Gasteiger partial charge in [0.1, 0.15) is 6.10 Å². The summed E-state index contributed by atoms with van der Waals surface area (Å²) in [6.07, 6.45) is 2.73. The summed E-state index contributed by atoms with van der Waals surface area (Å²) >= 11 is 0. The van der Waals surface area contributed by atoms with E-state index in [1.54, 1.807) is 12.1 Å². The van der Waals surface area contributed by atoms with Crippen LogP contribution in [-0.2, 0) is 4.79 Å². The maximum Gasteiger partial charge on any atom is 0.303 e. The molecule has 8 heteroatoms. The van der Waals surface area contributed by atoms with Crippen LogP contribution >= 0.6 is 0 Å². The van der Waals surface area contributed by atoms with Gasteiger partial charge in [-0.2, -0.15) is 0 Å². The normalized spacial score (nSPS) is 18.8. The van der Waals surface area contributed by atoms with Crippen LogP contribution in [-0.4, -0.2) is 40.0 Å². The number of benzene rings is 1. The molecule has 0 spiro atoms. The van der Waals surface area contributed by atoms with Crippen LogP contribution in [0.5, 0.6) is 11.6 Å². The first-order valence-electron chi connectivity index (χ1n) is 9.07. The van der Waals surface area contributed by atoms with Crippen LogP contribution in [0.3, 0.4) is 0 Å². The molecule has 1 fully saturated rings. The number of aliphatic hydroxyl groups excluding tert-OH is 1. The average molecular weight is 393 g/mol. The number of rotatable bonds is 8. The highest BCUT2D eigenvalue weighted by Crippen LogP contribution is 2.35. The fourth-order valence-corrected chi connectivity index (χ4v) is 3.14. The minimum atomic E-state index is -1.00. The number of hydrogen-bond acceptors (Lipinski definition) is 5. The highest BCUT2D eigenvalue weighted by Gasteiger charge is 2.26. The first-order chi connectivity index (χ1) is 13.4. The lowest BCUT2D eigenvalue weighted by Gasteiger charge is -2.16. The van der Waals surface area contributed by atoms with Gasteiger partial charge in [0.25, 0.3) is 0 Å². The number of aliphatic hydroxyl groups is 1. The minimum absolute atomic E-state index is 0.106. The summed E-state index contributed by atoms with van der Waals surface area (Å²) in [5, 5.41) is 18.2. The van der Waals surface area contributed by atoms with E-state index in [0.717, 1.165) is 12.1 Å². The van der Waals surface area contributed by atoms with E-state index in [0.29, 0.717) is 24.8 Å². The molecule has 1 aromatic carbocycles. The Hall–Kier alpha value is -2.74. The van der Waals surface area contributed by atoms with Crippen LogP contribution in [0, 0.1) is 11.6 Å². The van der Waals surface area contributed by atoms with E-state index in [2.05, 4.69) is 4.98 Å². The number of carboxylic acids is 1. The largest absolute Gasteiger partial charge is 0.488 e. The Bertz CT molecular complexity index is 822. The second kappa shape index (κ2) is 8.97. The third-order valence-corrected chi connectivity index (χ3v) is 4.50. The van der Waals surface area contributed by atoms with E-state index in [1.807, 2.05) is 0 Å². The maximum absolute atomic E-state index is 14.4. The van der Waals surface area contributed by atoms with E-state index in [9.17, 15) is 18.7 Å². The first-order valence-corrected chi connectivity index (χ1v) is 9.07. The van der Waals surface area contributed by atoms with Crippen molar-refractivity contribution < 1.29 is 33.3 Å². The number of aromatic nitrogens is 1. The molecule has 1 heterocycles. The number of aliphatic carboxylic acids is 1. The van der Waals surface area contributed by atoms with Crippen LogP contribution in [0.15, 0.2) is 30.5 Å². The monoisotopic (exact) mass is 393 g/mol. The Morgan fingerprint density at radius 1 is 1.25 bits per heavy atom. The van der Waals surface area contributed by atoms with Gasteiger partial charge in [-0.25, -0.2) is 13.8 Å². The zero-order chi connectivity index (χ0) is 20.1. The van der Waals surface area contributed by atoms with Crippen LogP contribution in [0.25, 0.3) is 11.1 Å². The number of ether oxygens (including phenoxy) is 2. The van der Waals surface area contributed by atoms with Crippen LogP contribution in [0.4, 0.5) is 8.78 Å². The van der Waals surface area contributed by atoms with Gasteiger partial charge in [0.15, 0.2) is 17.4 Å². The molecule has 2 atom stereocenters. The fourth-order valence-electron chi connectivity index (χ4n) is 3.14. The molecule has 0 saturated heterocycles. The van der Waals surface area contributed by atoms with Crippen LogP contribution < -0.4 is 9.47 Å². The van der Waals surface area contributed by atoms with Gasteiger partial charge in [-0.15, -0.1) is 0 Å². The van der Waals surface area contributed by atoms with Gasteiger partial charge in [0.05, 0.1) is 12.7 Å². The predicted molar refractivity (Wildman–Crippen MR) is 96.2 cm³/mol. The molecule has 1 saturated carbocycles. The standard InChI is InChI=1S/C20H21F2NO5/c21-16-9-12(10-17(22)19(16)27-8-2-4-18(25)26)15-3-1-7-23-20(15)28-14-6-5-13(24)11-14/h1,3,7,9-10,13-14,24H,2,4-6,8,11H2,(H,25,26). The summed E-state index contributed by atoms with van der Waals surface area (Å²) in [6, 6.07) is 5.54. The van der Waals surface area contributed by atoms with E-state index < -0.39 is 29.5 Å². The molecule has 0 bridgehead atoms. The van der Waals surface area contributed by atoms with Crippen LogP contribution in [0.2, 0.25) is 0 Å². The zero-order valence-corrected chi connectivity index (χ0v) is 15.1. The summed E-state index contributed by atoms with van der Waals surface area (Å²) in [4.78, 5) is 14.7. The molecule has 3 rings (SSSR count). The quantitative estimate of drug-likeness (QED) is 0.667. The lowest BCUT2D eigenvalue weighted by Crippen LogP contribution is -2.14. The molecular formula is C20H21F2NO5. The number of nitrogens with zero attached hydrogens (tertiary/aromatic N) is 1. The molecule has 1 aliphatic rings. The maximum atomic E-state index is 14.4. The van der Waals surface area contributed by atoms with Gasteiger partial charge < -0.3 is 19.7 Å². The van der Waals surface area contributed by atoms with Crippen LogP contribution in [0.1, 0.15) is 32.1 Å². The van der Waals surface area contributed by atoms with Gasteiger partial charge in [0, 0.05) is 24.6 Å². The molecule has 2 aromatic rings. The Morgan fingerprint density at radius 3 is 2.64 bits per heavy atom. The van der Waals surface area contributed by atoms with Crippen molar-refractivity contribution in [1.82, 2.24) is 4.98 Å². The molecule has 2 N–H and O–H groups in total. The van der Waals surface area contributed by atoms with E-state index in [1.165, 1.54) is 6.20 Å². The van der Waals surface area contributed by atoms with Gasteiger partial charge in [0.2, 0.25) is 5.88 Å². The van der Waals surface area contributed by atoms with Crippen molar-refractivity contribution in [2.24, 2.45) is 0 Å². The molecule has 6 nitrogen and oxygen atoms in total. The van der Waals surface area contributed by atoms with Crippen molar-refractivity contribution in [3.8, 4) is 22.8 Å². The second-order valence-corrected chi connectivity index (χ2v) is 6.68. The molecule has 1 aliphatic carbocycles. The summed E-state index contributed by atoms with van der Waals surface area (Å²) in [6.45, 7) is -0.106. The van der Waals surface area contributed by atoms with Gasteiger partial charge in [-0.05, 0) is 49.1 Å². The smallest absolute Gasteiger partial charge is 0.303 e. The highest BCUT2D eigenvalue weighted by molar-refractivity contribution is 5.69. The van der Waals surface area contributed by atoms with Crippen molar-refractivity contribution >= 4 is 5.97 Å². The van der Waals surface area contributed by atoms with E-state index in [4.69, 9.17) is 14.6 Å². The molecule has 0 aliphatic heterocycles. The summed E-state index contributed by atoms with van der Waals surface area (Å²) in [5.41, 5.74) is 0.675. The third-order valence-electron chi connectivity index (χ3n) is 4.50. The Morgan fingerprint density at radius 2 is 2.00 bits per heavy atom. The molecule has 0 amide bonds. The molecular weight excluding hydrogens is 372 g/mol. The lowest BCUT2D eigenvalue weighted by atomic mass is 10.1. The SMILES string of the molecule is O=C(O)CCCOc1c(F)cc(-c2cccnc2OC2CCC(O)C2)cc1F. The van der Waals surface area contributed by atoms with E-state index in [-0.39, 0.29) is 37.0 Å². The lowest BCUT2D eigenvalue weighted by molar-refractivity contribution is -0.137. The molecule has 150 valence electrons. The van der Waals surface area contributed by atoms with E-state index >= 15 is 0 Å². The number of carbonyl (C=O) groups is 1. The van der Waals surface area contributed by atoms with Gasteiger partial charge in [-0.3, -0.25) is 4.79 Å². The fraction of sp³-hybridized carbons (Fsp3) is 0.400. The molecule has 28 heavy (non-hydrogen) atoms. The highest BCUT2D eigenvalue weighted by atomic mass is 19.1. The number of carboxylic acid groups (broad SMARTS) is 1. The van der Waals surface area contributed by atoms with Crippen molar-refractivity contribution in [1.29, 1.82) is 0 Å². The summed E-state index contributed by atoms with van der Waals surface area (Å²) in [5.74, 6) is -3.08. The summed E-state index contributed by atoms with van der Waals surface area (Å²) in [7, 11) is 0. The van der Waals surface area contributed by atoms with Crippen molar-refractivity contribution in [3.63, 3.8) is 0 Å². The van der Waals surface area contributed by atoms with Crippen molar-refractivity contribution in [2.45, 2.75) is 44.3 Å². The topological polar surface area (TPSA) is 88.9 Å². The van der Waals surface area contributed by atoms with Crippen molar-refractivity contribution in [3.05, 3.63) is 42.1 Å². The Kier molecular flexibility index (Phi) is 6.41. The third kappa shape index (κ3) is 4.95. The van der Waals surface area contributed by atoms with Gasteiger partial charge in [-0.1, -0.05) is 0 Å². The Balaban J connectivity index is 1.77. The zero-order valence-electron chi connectivity index (χ0n) is 15.1. The first kappa shape index (κ1) is 20.0. The Labute approximate surface area is 160 Å². The molecule has 1 aromatic heterocycles. The average Bonchev–Trinajstić information content (AvgIpc) is 3.05. The van der Waals surface area contributed by atoms with Crippen molar-refractivity contribution in [2.75, 3.05) is 6.61 Å². The number of hydrogen-bond donors (Lipinski definition) is 2. The van der Waals surface area contributed by atoms with Gasteiger partial charge >= 0.3 is 5.97 Å². The molecule has 2 unspecified atom stereocenters.